The normalized spacial score (nSPS) is 10.2. The molecule has 0 aliphatic carbocycles. The molecule has 0 atom stereocenters. The Balaban J connectivity index is 2.33. The van der Waals surface area contributed by atoms with Gasteiger partial charge in [0.05, 0.1) is 12.8 Å². The molecule has 3 N–H and O–H groups in total. The molecule has 0 saturated carbocycles. The Kier molecular flexibility index (Phi) is 3.63. The highest BCUT2D eigenvalue weighted by atomic mass is 35.5. The van der Waals surface area contributed by atoms with Crippen LogP contribution in [0, 0.1) is 6.92 Å². The van der Waals surface area contributed by atoms with Gasteiger partial charge in [0, 0.05) is 16.4 Å². The molecule has 3 nitrogen and oxygen atoms in total. The second-order valence-corrected chi connectivity index (χ2v) is 4.48. The van der Waals surface area contributed by atoms with E-state index in [0.717, 1.165) is 28.4 Å². The molecule has 0 heterocycles. The summed E-state index contributed by atoms with van der Waals surface area (Å²) in [5, 5.41) is 3.93. The third-order valence-corrected chi connectivity index (χ3v) is 2.95. The van der Waals surface area contributed by atoms with Gasteiger partial charge in [-0.2, -0.15) is 0 Å². The van der Waals surface area contributed by atoms with Crippen LogP contribution in [0.2, 0.25) is 5.02 Å². The van der Waals surface area contributed by atoms with Crippen LogP contribution in [0.15, 0.2) is 36.4 Å². The molecule has 2 aromatic carbocycles. The Morgan fingerprint density at radius 3 is 2.61 bits per heavy atom. The third-order valence-electron chi connectivity index (χ3n) is 2.71. The van der Waals surface area contributed by atoms with Gasteiger partial charge in [-0.05, 0) is 48.9 Å². The molecule has 0 bridgehead atoms. The number of benzene rings is 2. The minimum absolute atomic E-state index is 0.658. The molecule has 0 radical (unpaired) electrons. The van der Waals surface area contributed by atoms with Gasteiger partial charge in [-0.15, -0.1) is 0 Å². The summed E-state index contributed by atoms with van der Waals surface area (Å²) in [6.45, 7) is 1.97. The van der Waals surface area contributed by atoms with E-state index < -0.39 is 0 Å². The average molecular weight is 263 g/mol. The fourth-order valence-electron chi connectivity index (χ4n) is 1.69. The summed E-state index contributed by atoms with van der Waals surface area (Å²) in [4.78, 5) is 0. The van der Waals surface area contributed by atoms with E-state index in [1.165, 1.54) is 0 Å². The van der Waals surface area contributed by atoms with Gasteiger partial charge in [0.25, 0.3) is 0 Å². The molecule has 0 aliphatic heterocycles. The minimum atomic E-state index is 0.658. The van der Waals surface area contributed by atoms with Gasteiger partial charge in [-0.3, -0.25) is 0 Å². The molecular weight excluding hydrogens is 248 g/mol. The van der Waals surface area contributed by atoms with E-state index in [0.29, 0.717) is 5.02 Å². The lowest BCUT2D eigenvalue weighted by Crippen LogP contribution is -1.96. The first-order valence-electron chi connectivity index (χ1n) is 5.57. The minimum Gasteiger partial charge on any atom is -0.495 e. The molecule has 0 spiro atoms. The number of aryl methyl sites for hydroxylation is 1. The van der Waals surface area contributed by atoms with Crippen molar-refractivity contribution in [2.24, 2.45) is 0 Å². The number of hydrogen-bond donors (Lipinski definition) is 2. The second-order valence-electron chi connectivity index (χ2n) is 4.04. The van der Waals surface area contributed by atoms with E-state index in [1.54, 1.807) is 13.2 Å². The number of ether oxygens (including phenoxy) is 1. The van der Waals surface area contributed by atoms with Gasteiger partial charge < -0.3 is 15.8 Å². The summed E-state index contributed by atoms with van der Waals surface area (Å²) < 4.78 is 5.28. The molecule has 0 amide bonds. The van der Waals surface area contributed by atoms with Crippen molar-refractivity contribution in [3.05, 3.63) is 47.0 Å². The van der Waals surface area contributed by atoms with Gasteiger partial charge in [-0.25, -0.2) is 0 Å². The van der Waals surface area contributed by atoms with Crippen LogP contribution in [0.25, 0.3) is 0 Å². The van der Waals surface area contributed by atoms with Crippen LogP contribution in [-0.2, 0) is 0 Å². The summed E-state index contributed by atoms with van der Waals surface area (Å²) in [5.74, 6) is 0.744. The van der Waals surface area contributed by atoms with Crippen molar-refractivity contribution in [3.8, 4) is 5.75 Å². The number of rotatable bonds is 3. The summed E-state index contributed by atoms with van der Waals surface area (Å²) in [6.07, 6.45) is 0. The molecular formula is C14H15ClN2O. The van der Waals surface area contributed by atoms with Crippen molar-refractivity contribution >= 4 is 28.7 Å². The predicted molar refractivity (Wildman–Crippen MR) is 76.9 cm³/mol. The fourth-order valence-corrected chi connectivity index (χ4v) is 1.86. The maximum Gasteiger partial charge on any atom is 0.142 e. The van der Waals surface area contributed by atoms with Crippen LogP contribution in [0.1, 0.15) is 5.56 Å². The number of nitrogens with two attached hydrogens (primary N) is 1. The van der Waals surface area contributed by atoms with Gasteiger partial charge >= 0.3 is 0 Å². The first-order valence-corrected chi connectivity index (χ1v) is 5.94. The number of hydrogen-bond acceptors (Lipinski definition) is 3. The molecule has 0 unspecified atom stereocenters. The van der Waals surface area contributed by atoms with E-state index >= 15 is 0 Å². The maximum absolute atomic E-state index is 5.98. The van der Waals surface area contributed by atoms with Gasteiger partial charge in [0.15, 0.2) is 0 Å². The van der Waals surface area contributed by atoms with Crippen molar-refractivity contribution in [1.29, 1.82) is 0 Å². The molecule has 0 aromatic heterocycles. The highest BCUT2D eigenvalue weighted by Crippen LogP contribution is 2.31. The van der Waals surface area contributed by atoms with E-state index in [2.05, 4.69) is 5.32 Å². The quantitative estimate of drug-likeness (QED) is 0.823. The number of nitrogens with one attached hydrogen (secondary N) is 1. The number of methoxy groups -OCH3 is 1. The molecule has 0 fully saturated rings. The zero-order valence-corrected chi connectivity index (χ0v) is 11.1. The monoisotopic (exact) mass is 262 g/mol. The molecule has 2 aromatic rings. The number of nitrogen functional groups attached to an aromatic ring is 1. The molecule has 94 valence electrons. The first-order chi connectivity index (χ1) is 8.60. The fraction of sp³-hybridized carbons (Fsp3) is 0.143. The predicted octanol–water partition coefficient (Wildman–Crippen LogP) is 3.98. The molecule has 0 aliphatic rings. The van der Waals surface area contributed by atoms with Crippen LogP contribution in [0.3, 0.4) is 0 Å². The molecule has 18 heavy (non-hydrogen) atoms. The largest absolute Gasteiger partial charge is 0.495 e. The number of anilines is 3. The molecule has 0 saturated heterocycles. The topological polar surface area (TPSA) is 47.3 Å². The summed E-state index contributed by atoms with van der Waals surface area (Å²) >= 11 is 5.98. The van der Waals surface area contributed by atoms with Crippen molar-refractivity contribution in [3.63, 3.8) is 0 Å². The van der Waals surface area contributed by atoms with E-state index in [9.17, 15) is 0 Å². The SMILES string of the molecule is COc1ccc(Cl)cc1Nc1ccc(N)c(C)c1. The van der Waals surface area contributed by atoms with E-state index in [4.69, 9.17) is 22.1 Å². The highest BCUT2D eigenvalue weighted by Gasteiger charge is 2.05. The Hall–Kier alpha value is -1.87. The smallest absolute Gasteiger partial charge is 0.142 e. The number of halogens is 1. The van der Waals surface area contributed by atoms with Crippen LogP contribution in [-0.4, -0.2) is 7.11 Å². The first kappa shape index (κ1) is 12.6. The van der Waals surface area contributed by atoms with Crippen molar-refractivity contribution in [2.45, 2.75) is 6.92 Å². The average Bonchev–Trinajstić information content (AvgIpc) is 2.34. The zero-order chi connectivity index (χ0) is 13.1. The van der Waals surface area contributed by atoms with Gasteiger partial charge in [0.1, 0.15) is 5.75 Å². The summed E-state index contributed by atoms with van der Waals surface area (Å²) in [7, 11) is 1.63. The van der Waals surface area contributed by atoms with Gasteiger partial charge in [-0.1, -0.05) is 11.6 Å². The van der Waals surface area contributed by atoms with Crippen LogP contribution < -0.4 is 15.8 Å². The molecule has 4 heteroatoms. The van der Waals surface area contributed by atoms with Crippen LogP contribution >= 0.6 is 11.6 Å². The van der Waals surface area contributed by atoms with Crippen LogP contribution in [0.4, 0.5) is 17.1 Å². The Bertz CT molecular complexity index is 570. The van der Waals surface area contributed by atoms with Gasteiger partial charge in [0.2, 0.25) is 0 Å². The Morgan fingerprint density at radius 2 is 1.94 bits per heavy atom. The zero-order valence-electron chi connectivity index (χ0n) is 10.3. The lowest BCUT2D eigenvalue weighted by molar-refractivity contribution is 0.417. The Labute approximate surface area is 112 Å². The Morgan fingerprint density at radius 1 is 1.17 bits per heavy atom. The lowest BCUT2D eigenvalue weighted by atomic mass is 10.2. The lowest BCUT2D eigenvalue weighted by Gasteiger charge is -2.12. The second kappa shape index (κ2) is 5.19. The van der Waals surface area contributed by atoms with E-state index in [-0.39, 0.29) is 0 Å². The highest BCUT2D eigenvalue weighted by molar-refractivity contribution is 6.31. The third kappa shape index (κ3) is 2.68. The summed E-state index contributed by atoms with van der Waals surface area (Å²) in [5.41, 5.74) is 9.37. The summed E-state index contributed by atoms with van der Waals surface area (Å²) in [6, 6.07) is 11.2. The maximum atomic E-state index is 5.98. The standard InChI is InChI=1S/C14H15ClN2O/c1-9-7-11(4-5-12(9)16)17-13-8-10(15)3-6-14(13)18-2/h3-8,17H,16H2,1-2H3. The van der Waals surface area contributed by atoms with Crippen molar-refractivity contribution in [1.82, 2.24) is 0 Å². The van der Waals surface area contributed by atoms with Crippen LogP contribution in [0.5, 0.6) is 5.75 Å². The van der Waals surface area contributed by atoms with E-state index in [1.807, 2.05) is 37.3 Å². The van der Waals surface area contributed by atoms with Crippen molar-refractivity contribution in [2.75, 3.05) is 18.2 Å². The van der Waals surface area contributed by atoms with Crippen molar-refractivity contribution < 1.29 is 4.74 Å². The molecule has 2 rings (SSSR count).